The zero-order chi connectivity index (χ0) is 8.97. The van der Waals surface area contributed by atoms with Gasteiger partial charge < -0.3 is 15.0 Å². The van der Waals surface area contributed by atoms with E-state index in [1.807, 2.05) is 26.2 Å². The van der Waals surface area contributed by atoms with Crippen LogP contribution in [0.2, 0.25) is 0 Å². The van der Waals surface area contributed by atoms with Gasteiger partial charge in [0.2, 0.25) is 0 Å². The minimum atomic E-state index is 0.167. The van der Waals surface area contributed by atoms with Crippen molar-refractivity contribution in [3.8, 4) is 0 Å². The molecule has 1 atom stereocenters. The molecule has 0 bridgehead atoms. The second-order valence-electron chi connectivity index (χ2n) is 3.07. The SMILES string of the molecule is C[C@@H](CO)NCc1cccn1C. The fraction of sp³-hybridized carbons (Fsp3) is 0.556. The highest BCUT2D eigenvalue weighted by molar-refractivity contribution is 5.06. The largest absolute Gasteiger partial charge is 0.395 e. The van der Waals surface area contributed by atoms with Gasteiger partial charge in [0, 0.05) is 31.5 Å². The van der Waals surface area contributed by atoms with Gasteiger partial charge in [-0.25, -0.2) is 0 Å². The summed E-state index contributed by atoms with van der Waals surface area (Å²) in [5.41, 5.74) is 1.23. The Labute approximate surface area is 73.0 Å². The molecular formula is C9H16N2O. The van der Waals surface area contributed by atoms with Crippen molar-refractivity contribution in [2.45, 2.75) is 19.5 Å². The van der Waals surface area contributed by atoms with Gasteiger partial charge in [0.15, 0.2) is 0 Å². The van der Waals surface area contributed by atoms with Gasteiger partial charge in [-0.1, -0.05) is 0 Å². The van der Waals surface area contributed by atoms with E-state index >= 15 is 0 Å². The highest BCUT2D eigenvalue weighted by Crippen LogP contribution is 1.98. The number of aliphatic hydroxyl groups is 1. The molecule has 12 heavy (non-hydrogen) atoms. The first-order valence-electron chi connectivity index (χ1n) is 4.18. The summed E-state index contributed by atoms with van der Waals surface area (Å²) >= 11 is 0. The third-order valence-electron chi connectivity index (χ3n) is 1.96. The van der Waals surface area contributed by atoms with Crippen LogP contribution in [0.1, 0.15) is 12.6 Å². The average Bonchev–Trinajstić information content (AvgIpc) is 2.47. The Morgan fingerprint density at radius 2 is 2.42 bits per heavy atom. The van der Waals surface area contributed by atoms with Crippen molar-refractivity contribution in [2.24, 2.45) is 7.05 Å². The number of nitrogens with zero attached hydrogens (tertiary/aromatic N) is 1. The van der Waals surface area contributed by atoms with Crippen LogP contribution in [0.5, 0.6) is 0 Å². The third-order valence-corrected chi connectivity index (χ3v) is 1.96. The van der Waals surface area contributed by atoms with Gasteiger partial charge in [-0.05, 0) is 19.1 Å². The zero-order valence-corrected chi connectivity index (χ0v) is 7.62. The molecule has 1 heterocycles. The second-order valence-corrected chi connectivity index (χ2v) is 3.07. The van der Waals surface area contributed by atoms with Gasteiger partial charge in [0.05, 0.1) is 6.61 Å². The highest BCUT2D eigenvalue weighted by Gasteiger charge is 2.00. The zero-order valence-electron chi connectivity index (χ0n) is 7.62. The molecule has 1 aromatic heterocycles. The number of aliphatic hydroxyl groups excluding tert-OH is 1. The van der Waals surface area contributed by atoms with E-state index in [2.05, 4.69) is 16.0 Å². The van der Waals surface area contributed by atoms with Gasteiger partial charge in [-0.3, -0.25) is 0 Å². The Kier molecular flexibility index (Phi) is 3.31. The number of hydrogen-bond acceptors (Lipinski definition) is 2. The molecule has 3 heteroatoms. The van der Waals surface area contributed by atoms with Crippen LogP contribution in [-0.4, -0.2) is 22.3 Å². The van der Waals surface area contributed by atoms with Crippen LogP contribution in [0.15, 0.2) is 18.3 Å². The molecule has 0 unspecified atom stereocenters. The first kappa shape index (κ1) is 9.29. The van der Waals surface area contributed by atoms with Gasteiger partial charge in [-0.2, -0.15) is 0 Å². The molecule has 0 saturated heterocycles. The molecule has 2 N–H and O–H groups in total. The summed E-state index contributed by atoms with van der Waals surface area (Å²) in [4.78, 5) is 0. The van der Waals surface area contributed by atoms with Crippen LogP contribution >= 0.6 is 0 Å². The maximum absolute atomic E-state index is 8.76. The lowest BCUT2D eigenvalue weighted by Crippen LogP contribution is -2.29. The molecule has 1 rings (SSSR count). The Morgan fingerprint density at radius 1 is 1.67 bits per heavy atom. The Morgan fingerprint density at radius 3 is 2.92 bits per heavy atom. The van der Waals surface area contributed by atoms with Crippen molar-refractivity contribution in [3.63, 3.8) is 0 Å². The lowest BCUT2D eigenvalue weighted by atomic mass is 10.3. The van der Waals surface area contributed by atoms with Crippen LogP contribution in [0.4, 0.5) is 0 Å². The molecule has 0 spiro atoms. The van der Waals surface area contributed by atoms with Crippen LogP contribution in [0.3, 0.4) is 0 Å². The molecule has 0 aliphatic carbocycles. The molecule has 0 aliphatic rings. The second kappa shape index (κ2) is 4.28. The summed E-state index contributed by atoms with van der Waals surface area (Å²) in [7, 11) is 2.01. The van der Waals surface area contributed by atoms with Crippen LogP contribution in [0, 0.1) is 0 Å². The van der Waals surface area contributed by atoms with Crippen molar-refractivity contribution in [1.82, 2.24) is 9.88 Å². The molecule has 0 radical (unpaired) electrons. The van der Waals surface area contributed by atoms with E-state index in [1.54, 1.807) is 0 Å². The van der Waals surface area contributed by atoms with E-state index in [9.17, 15) is 0 Å². The number of hydrogen-bond donors (Lipinski definition) is 2. The quantitative estimate of drug-likeness (QED) is 0.686. The first-order valence-corrected chi connectivity index (χ1v) is 4.18. The number of rotatable bonds is 4. The molecule has 0 aromatic carbocycles. The summed E-state index contributed by atoms with van der Waals surface area (Å²) in [5, 5.41) is 12.0. The Balaban J connectivity index is 2.38. The summed E-state index contributed by atoms with van der Waals surface area (Å²) in [6.45, 7) is 2.96. The molecule has 1 aromatic rings. The summed E-state index contributed by atoms with van der Waals surface area (Å²) in [6, 6.07) is 4.25. The number of nitrogens with one attached hydrogen (secondary N) is 1. The molecule has 0 fully saturated rings. The van der Waals surface area contributed by atoms with Gasteiger partial charge in [-0.15, -0.1) is 0 Å². The van der Waals surface area contributed by atoms with Crippen LogP contribution in [-0.2, 0) is 13.6 Å². The van der Waals surface area contributed by atoms with E-state index < -0.39 is 0 Å². The Hall–Kier alpha value is -0.800. The fourth-order valence-corrected chi connectivity index (χ4v) is 1.02. The lowest BCUT2D eigenvalue weighted by Gasteiger charge is -2.10. The normalized spacial score (nSPS) is 13.2. The highest BCUT2D eigenvalue weighted by atomic mass is 16.3. The van der Waals surface area contributed by atoms with Crippen LogP contribution < -0.4 is 5.32 Å². The molecular weight excluding hydrogens is 152 g/mol. The lowest BCUT2D eigenvalue weighted by molar-refractivity contribution is 0.250. The molecule has 0 aliphatic heterocycles. The molecule has 0 saturated carbocycles. The standard InChI is InChI=1S/C9H16N2O/c1-8(7-12)10-6-9-4-3-5-11(9)2/h3-5,8,10,12H,6-7H2,1-2H3/t8-/m0/s1. The summed E-state index contributed by atoms with van der Waals surface area (Å²) in [5.74, 6) is 0. The topological polar surface area (TPSA) is 37.2 Å². The van der Waals surface area contributed by atoms with Crippen molar-refractivity contribution < 1.29 is 5.11 Å². The predicted octanol–water partition coefficient (Wildman–Crippen LogP) is 0.495. The number of aromatic nitrogens is 1. The van der Waals surface area contributed by atoms with E-state index in [0.29, 0.717) is 0 Å². The van der Waals surface area contributed by atoms with Crippen molar-refractivity contribution in [2.75, 3.05) is 6.61 Å². The van der Waals surface area contributed by atoms with Crippen molar-refractivity contribution >= 4 is 0 Å². The predicted molar refractivity (Wildman–Crippen MR) is 48.8 cm³/mol. The molecule has 3 nitrogen and oxygen atoms in total. The van der Waals surface area contributed by atoms with E-state index in [0.717, 1.165) is 6.54 Å². The minimum Gasteiger partial charge on any atom is -0.395 e. The van der Waals surface area contributed by atoms with Gasteiger partial charge in [0.25, 0.3) is 0 Å². The van der Waals surface area contributed by atoms with Gasteiger partial charge in [0.1, 0.15) is 0 Å². The maximum Gasteiger partial charge on any atom is 0.0582 e. The van der Waals surface area contributed by atoms with Gasteiger partial charge >= 0.3 is 0 Å². The van der Waals surface area contributed by atoms with Crippen molar-refractivity contribution in [1.29, 1.82) is 0 Å². The third kappa shape index (κ3) is 2.36. The summed E-state index contributed by atoms with van der Waals surface area (Å²) in [6.07, 6.45) is 2.01. The Bertz CT molecular complexity index is 232. The minimum absolute atomic E-state index is 0.167. The monoisotopic (exact) mass is 168 g/mol. The van der Waals surface area contributed by atoms with E-state index in [1.165, 1.54) is 5.69 Å². The maximum atomic E-state index is 8.76. The average molecular weight is 168 g/mol. The fourth-order valence-electron chi connectivity index (χ4n) is 1.02. The number of aryl methyl sites for hydroxylation is 1. The molecule has 0 amide bonds. The van der Waals surface area contributed by atoms with E-state index in [4.69, 9.17) is 5.11 Å². The molecule has 68 valence electrons. The smallest absolute Gasteiger partial charge is 0.0582 e. The summed E-state index contributed by atoms with van der Waals surface area (Å²) < 4.78 is 2.07. The van der Waals surface area contributed by atoms with Crippen LogP contribution in [0.25, 0.3) is 0 Å². The first-order chi connectivity index (χ1) is 5.74. The van der Waals surface area contributed by atoms with E-state index in [-0.39, 0.29) is 12.6 Å². The van der Waals surface area contributed by atoms with Crippen molar-refractivity contribution in [3.05, 3.63) is 24.0 Å².